The Labute approximate surface area is 84.5 Å². The van der Waals surface area contributed by atoms with Gasteiger partial charge in [-0.3, -0.25) is 0 Å². The summed E-state index contributed by atoms with van der Waals surface area (Å²) < 4.78 is 5.56. The highest BCUT2D eigenvalue weighted by atomic mass is 16.5. The first-order chi connectivity index (χ1) is 6.84. The van der Waals surface area contributed by atoms with Crippen molar-refractivity contribution in [3.8, 4) is 0 Å². The lowest BCUT2D eigenvalue weighted by atomic mass is 9.83. The van der Waals surface area contributed by atoms with Crippen molar-refractivity contribution in [1.82, 2.24) is 0 Å². The molecule has 2 rings (SSSR count). The molecule has 0 aromatic heterocycles. The first-order valence-electron chi connectivity index (χ1n) is 5.14. The van der Waals surface area contributed by atoms with Crippen molar-refractivity contribution in [1.29, 1.82) is 0 Å². The monoisotopic (exact) mass is 192 g/mol. The molecule has 0 atom stereocenters. The second-order valence-corrected chi connectivity index (χ2v) is 3.99. The Morgan fingerprint density at radius 3 is 2.57 bits per heavy atom. The third-order valence-corrected chi connectivity index (χ3v) is 2.68. The summed E-state index contributed by atoms with van der Waals surface area (Å²) in [6, 6.07) is 10.2. The summed E-state index contributed by atoms with van der Waals surface area (Å²) in [5, 5.41) is 9.08. The van der Waals surface area contributed by atoms with Gasteiger partial charge >= 0.3 is 0 Å². The van der Waals surface area contributed by atoms with E-state index in [9.17, 15) is 0 Å². The zero-order valence-electron chi connectivity index (χ0n) is 8.23. The van der Waals surface area contributed by atoms with E-state index in [2.05, 4.69) is 12.1 Å². The summed E-state index contributed by atoms with van der Waals surface area (Å²) >= 11 is 0. The zero-order chi connectivity index (χ0) is 9.80. The first-order valence-corrected chi connectivity index (χ1v) is 5.14. The maximum atomic E-state index is 9.08. The third kappa shape index (κ3) is 2.56. The molecule has 76 valence electrons. The van der Waals surface area contributed by atoms with Crippen molar-refractivity contribution >= 4 is 0 Å². The lowest BCUT2D eigenvalue weighted by Crippen LogP contribution is -2.31. The predicted octanol–water partition coefficient (Wildman–Crippen LogP) is 1.97. The summed E-state index contributed by atoms with van der Waals surface area (Å²) in [6.45, 7) is 1.47. The van der Waals surface area contributed by atoms with Crippen molar-refractivity contribution in [3.05, 3.63) is 35.9 Å². The van der Waals surface area contributed by atoms with Crippen LogP contribution < -0.4 is 0 Å². The molecule has 0 bridgehead atoms. The molecular formula is C12H16O2. The topological polar surface area (TPSA) is 29.5 Å². The van der Waals surface area contributed by atoms with Gasteiger partial charge in [-0.05, 0) is 24.3 Å². The Morgan fingerprint density at radius 1 is 1.21 bits per heavy atom. The molecule has 0 amide bonds. The molecule has 14 heavy (non-hydrogen) atoms. The molecule has 1 N–H and O–H groups in total. The van der Waals surface area contributed by atoms with Crippen LogP contribution in [-0.2, 0) is 11.3 Å². The summed E-state index contributed by atoms with van der Waals surface area (Å²) in [7, 11) is 0. The van der Waals surface area contributed by atoms with E-state index in [0.717, 1.165) is 19.4 Å². The molecule has 0 spiro atoms. The summed E-state index contributed by atoms with van der Waals surface area (Å²) in [4.78, 5) is 0. The lowest BCUT2D eigenvalue weighted by molar-refractivity contribution is -0.0145. The van der Waals surface area contributed by atoms with Crippen LogP contribution in [0.15, 0.2) is 30.3 Å². The molecule has 1 fully saturated rings. The Morgan fingerprint density at radius 2 is 1.93 bits per heavy atom. The van der Waals surface area contributed by atoms with Crippen molar-refractivity contribution in [3.63, 3.8) is 0 Å². The second-order valence-electron chi connectivity index (χ2n) is 3.99. The molecule has 1 aliphatic rings. The molecule has 2 heteroatoms. The van der Waals surface area contributed by atoms with Crippen molar-refractivity contribution in [2.75, 3.05) is 6.61 Å². The van der Waals surface area contributed by atoms with Gasteiger partial charge in [-0.25, -0.2) is 0 Å². The molecule has 1 aliphatic carbocycles. The quantitative estimate of drug-likeness (QED) is 0.790. The molecule has 0 unspecified atom stereocenters. The maximum Gasteiger partial charge on any atom is 0.0717 e. The van der Waals surface area contributed by atoms with Gasteiger partial charge in [0.05, 0.1) is 19.3 Å². The van der Waals surface area contributed by atoms with Gasteiger partial charge in [0.15, 0.2) is 0 Å². The average molecular weight is 192 g/mol. The van der Waals surface area contributed by atoms with Gasteiger partial charge in [0.1, 0.15) is 0 Å². The van der Waals surface area contributed by atoms with Crippen LogP contribution in [0.3, 0.4) is 0 Å². The van der Waals surface area contributed by atoms with Gasteiger partial charge in [-0.1, -0.05) is 30.3 Å². The SMILES string of the molecule is O[C@H]1C[C@@H](COCc2ccccc2)C1. The first kappa shape index (κ1) is 9.69. The van der Waals surface area contributed by atoms with E-state index in [1.807, 2.05) is 18.2 Å². The molecule has 1 saturated carbocycles. The number of aliphatic hydroxyl groups is 1. The van der Waals surface area contributed by atoms with E-state index in [-0.39, 0.29) is 6.10 Å². The average Bonchev–Trinajstić information content (AvgIpc) is 2.17. The fourth-order valence-electron chi connectivity index (χ4n) is 1.75. The standard InChI is InChI=1S/C12H16O2/c13-12-6-11(7-12)9-14-8-10-4-2-1-3-5-10/h1-5,11-13H,6-9H2/t11-,12+. The lowest BCUT2D eigenvalue weighted by Gasteiger charge is -2.30. The minimum absolute atomic E-state index is 0.0691. The summed E-state index contributed by atoms with van der Waals surface area (Å²) in [6.07, 6.45) is 1.75. The third-order valence-electron chi connectivity index (χ3n) is 2.68. The Balaban J connectivity index is 1.64. The smallest absolute Gasteiger partial charge is 0.0717 e. The predicted molar refractivity (Wildman–Crippen MR) is 54.8 cm³/mol. The van der Waals surface area contributed by atoms with Crippen molar-refractivity contribution in [2.24, 2.45) is 5.92 Å². The van der Waals surface area contributed by atoms with Gasteiger partial charge < -0.3 is 9.84 Å². The number of ether oxygens (including phenoxy) is 1. The number of benzene rings is 1. The minimum Gasteiger partial charge on any atom is -0.393 e. The molecule has 1 aromatic rings. The Bertz CT molecular complexity index is 265. The molecule has 0 aliphatic heterocycles. The van der Waals surface area contributed by atoms with E-state index < -0.39 is 0 Å². The minimum atomic E-state index is -0.0691. The van der Waals surface area contributed by atoms with Crippen LogP contribution in [-0.4, -0.2) is 17.8 Å². The highest BCUT2D eigenvalue weighted by molar-refractivity contribution is 5.13. The molecule has 0 heterocycles. The summed E-state index contributed by atoms with van der Waals surface area (Å²) in [5.41, 5.74) is 1.22. The van der Waals surface area contributed by atoms with E-state index in [0.29, 0.717) is 12.5 Å². The Kier molecular flexibility index (Phi) is 3.17. The largest absolute Gasteiger partial charge is 0.393 e. The van der Waals surface area contributed by atoms with Crippen LogP contribution in [0.25, 0.3) is 0 Å². The number of rotatable bonds is 4. The van der Waals surface area contributed by atoms with Crippen LogP contribution in [0, 0.1) is 5.92 Å². The maximum absolute atomic E-state index is 9.08. The highest BCUT2D eigenvalue weighted by Gasteiger charge is 2.26. The van der Waals surface area contributed by atoms with Crippen molar-refractivity contribution < 1.29 is 9.84 Å². The fourth-order valence-corrected chi connectivity index (χ4v) is 1.75. The number of aliphatic hydroxyl groups excluding tert-OH is 1. The van der Waals surface area contributed by atoms with Crippen LogP contribution in [0.5, 0.6) is 0 Å². The van der Waals surface area contributed by atoms with E-state index in [1.54, 1.807) is 0 Å². The van der Waals surface area contributed by atoms with Gasteiger partial charge in [0.25, 0.3) is 0 Å². The number of hydrogen-bond donors (Lipinski definition) is 1. The van der Waals surface area contributed by atoms with E-state index >= 15 is 0 Å². The van der Waals surface area contributed by atoms with Crippen molar-refractivity contribution in [2.45, 2.75) is 25.6 Å². The van der Waals surface area contributed by atoms with Crippen LogP contribution in [0.2, 0.25) is 0 Å². The molecule has 0 radical (unpaired) electrons. The van der Waals surface area contributed by atoms with E-state index in [4.69, 9.17) is 9.84 Å². The molecular weight excluding hydrogens is 176 g/mol. The normalized spacial score (nSPS) is 25.8. The molecule has 0 saturated heterocycles. The van der Waals surface area contributed by atoms with Gasteiger partial charge in [-0.15, -0.1) is 0 Å². The molecule has 1 aromatic carbocycles. The highest BCUT2D eigenvalue weighted by Crippen LogP contribution is 2.27. The van der Waals surface area contributed by atoms with E-state index in [1.165, 1.54) is 5.56 Å². The Hall–Kier alpha value is -0.860. The van der Waals surface area contributed by atoms with Gasteiger partial charge in [0.2, 0.25) is 0 Å². The van der Waals surface area contributed by atoms with Crippen LogP contribution in [0.4, 0.5) is 0 Å². The fraction of sp³-hybridized carbons (Fsp3) is 0.500. The van der Waals surface area contributed by atoms with Gasteiger partial charge in [-0.2, -0.15) is 0 Å². The van der Waals surface area contributed by atoms with Gasteiger partial charge in [0, 0.05) is 0 Å². The second kappa shape index (κ2) is 4.58. The molecule has 2 nitrogen and oxygen atoms in total. The summed E-state index contributed by atoms with van der Waals surface area (Å²) in [5.74, 6) is 0.578. The zero-order valence-corrected chi connectivity index (χ0v) is 8.23. The van der Waals surface area contributed by atoms with Crippen LogP contribution in [0.1, 0.15) is 18.4 Å². The number of hydrogen-bond acceptors (Lipinski definition) is 2. The van der Waals surface area contributed by atoms with Crippen LogP contribution >= 0.6 is 0 Å².